The molecule has 0 saturated carbocycles. The highest BCUT2D eigenvalue weighted by Crippen LogP contribution is 2.36. The minimum absolute atomic E-state index is 0.997. The Morgan fingerprint density at radius 1 is 0.517 bits per heavy atom. The van der Waals surface area contributed by atoms with Crippen molar-refractivity contribution in [1.82, 2.24) is 9.97 Å². The van der Waals surface area contributed by atoms with Crippen molar-refractivity contribution in [3.8, 4) is 0 Å². The third-order valence-corrected chi connectivity index (χ3v) is 4.70. The monoisotopic (exact) mass is 377 g/mol. The quantitative estimate of drug-likeness (QED) is 0.331. The van der Waals surface area contributed by atoms with Crippen molar-refractivity contribution in [1.29, 1.82) is 0 Å². The predicted octanol–water partition coefficient (Wildman–Crippen LogP) is 7.28. The van der Waals surface area contributed by atoms with Gasteiger partial charge in [0, 0.05) is 40.2 Å². The van der Waals surface area contributed by atoms with Crippen LogP contribution < -0.4 is 4.90 Å². The first kappa shape index (κ1) is 18.6. The molecule has 3 heteroatoms. The Labute approximate surface area is 171 Å². The molecule has 0 N–H and O–H groups in total. The van der Waals surface area contributed by atoms with Crippen LogP contribution in [-0.4, -0.2) is 9.97 Å². The number of pyridine rings is 2. The molecule has 5 rings (SSSR count). The molecule has 0 saturated heterocycles. The van der Waals surface area contributed by atoms with Gasteiger partial charge in [-0.1, -0.05) is 44.2 Å². The summed E-state index contributed by atoms with van der Waals surface area (Å²) in [5, 5.41) is 2.25. The zero-order valence-electron chi connectivity index (χ0n) is 16.7. The fraction of sp³-hybridized carbons (Fsp3) is 0.0769. The molecule has 2 aromatic heterocycles. The average molecular weight is 377 g/mol. The number of hydrogen-bond donors (Lipinski definition) is 0. The largest absolute Gasteiger partial charge is 0.310 e. The molecule has 5 aromatic rings. The van der Waals surface area contributed by atoms with Crippen molar-refractivity contribution in [2.45, 2.75) is 13.8 Å². The molecule has 0 aliphatic heterocycles. The number of nitrogens with zero attached hydrogens (tertiary/aromatic N) is 3. The molecule has 2 heterocycles. The van der Waals surface area contributed by atoms with Crippen molar-refractivity contribution in [2.75, 3.05) is 4.90 Å². The lowest BCUT2D eigenvalue weighted by molar-refractivity contribution is 1.29. The number of fused-ring (bicyclic) bond motifs is 2. The van der Waals surface area contributed by atoms with Crippen molar-refractivity contribution in [2.24, 2.45) is 0 Å². The zero-order chi connectivity index (χ0) is 20.1. The van der Waals surface area contributed by atoms with Gasteiger partial charge in [-0.05, 0) is 60.7 Å². The summed E-state index contributed by atoms with van der Waals surface area (Å²) in [6.07, 6.45) is 3.65. The standard InChI is InChI=1S/C24H17N3.C2H6/c1-2-8-20(9-3-1)27(21-10-12-23-18(16-21)6-4-14-25-23)22-11-13-24-19(17-22)7-5-15-26-24;1-2/h1-17H;1-2H3. The van der Waals surface area contributed by atoms with Gasteiger partial charge in [-0.3, -0.25) is 9.97 Å². The predicted molar refractivity (Wildman–Crippen MR) is 123 cm³/mol. The summed E-state index contributed by atoms with van der Waals surface area (Å²) in [6.45, 7) is 4.00. The molecule has 0 spiro atoms. The van der Waals surface area contributed by atoms with E-state index in [1.54, 1.807) is 0 Å². The number of benzene rings is 3. The van der Waals surface area contributed by atoms with Gasteiger partial charge in [0.15, 0.2) is 0 Å². The van der Waals surface area contributed by atoms with Crippen LogP contribution in [0.5, 0.6) is 0 Å². The highest BCUT2D eigenvalue weighted by molar-refractivity contribution is 5.90. The molecule has 0 aliphatic carbocycles. The van der Waals surface area contributed by atoms with Crippen LogP contribution in [0.3, 0.4) is 0 Å². The molecular weight excluding hydrogens is 354 g/mol. The minimum atomic E-state index is 0.997. The Balaban J connectivity index is 0.000000994. The summed E-state index contributed by atoms with van der Waals surface area (Å²) in [6, 6.07) is 31.3. The SMILES string of the molecule is CC.c1ccc(N(c2ccc3ncccc3c2)c2ccc3ncccc3c2)cc1. The summed E-state index contributed by atoms with van der Waals surface area (Å²) in [7, 11) is 0. The molecule has 3 aromatic carbocycles. The molecule has 0 fully saturated rings. The second-order valence-electron chi connectivity index (χ2n) is 6.43. The van der Waals surface area contributed by atoms with Gasteiger partial charge in [-0.25, -0.2) is 0 Å². The van der Waals surface area contributed by atoms with Gasteiger partial charge < -0.3 is 4.90 Å². The summed E-state index contributed by atoms with van der Waals surface area (Å²) < 4.78 is 0. The van der Waals surface area contributed by atoms with Gasteiger partial charge in [0.25, 0.3) is 0 Å². The first-order chi connectivity index (χ1) is 14.4. The third kappa shape index (κ3) is 3.81. The molecule has 29 heavy (non-hydrogen) atoms. The van der Waals surface area contributed by atoms with E-state index in [2.05, 4.69) is 87.7 Å². The Morgan fingerprint density at radius 3 is 1.55 bits per heavy atom. The Bertz CT molecular complexity index is 1150. The lowest BCUT2D eigenvalue weighted by Gasteiger charge is -2.26. The number of anilines is 3. The number of hydrogen-bond acceptors (Lipinski definition) is 3. The second-order valence-corrected chi connectivity index (χ2v) is 6.43. The van der Waals surface area contributed by atoms with E-state index in [9.17, 15) is 0 Å². The lowest BCUT2D eigenvalue weighted by atomic mass is 10.1. The molecule has 0 bridgehead atoms. The Morgan fingerprint density at radius 2 is 1.03 bits per heavy atom. The van der Waals surface area contributed by atoms with E-state index >= 15 is 0 Å². The molecule has 0 aliphatic rings. The third-order valence-electron chi connectivity index (χ3n) is 4.70. The fourth-order valence-corrected chi connectivity index (χ4v) is 3.43. The highest BCUT2D eigenvalue weighted by atomic mass is 15.1. The van der Waals surface area contributed by atoms with E-state index in [1.807, 2.05) is 44.4 Å². The van der Waals surface area contributed by atoms with E-state index in [0.717, 1.165) is 38.9 Å². The molecule has 142 valence electrons. The van der Waals surface area contributed by atoms with Crippen LogP contribution in [0.2, 0.25) is 0 Å². The summed E-state index contributed by atoms with van der Waals surface area (Å²) in [4.78, 5) is 11.1. The highest BCUT2D eigenvalue weighted by Gasteiger charge is 2.13. The van der Waals surface area contributed by atoms with Crippen molar-refractivity contribution in [3.63, 3.8) is 0 Å². The second kappa shape index (κ2) is 8.53. The van der Waals surface area contributed by atoms with Crippen LogP contribution in [-0.2, 0) is 0 Å². The van der Waals surface area contributed by atoms with E-state index < -0.39 is 0 Å². The van der Waals surface area contributed by atoms with Crippen LogP contribution in [0.4, 0.5) is 17.1 Å². The van der Waals surface area contributed by atoms with E-state index in [-0.39, 0.29) is 0 Å². The first-order valence-electron chi connectivity index (χ1n) is 9.93. The van der Waals surface area contributed by atoms with Crippen molar-refractivity contribution < 1.29 is 0 Å². The number of rotatable bonds is 3. The average Bonchev–Trinajstić information content (AvgIpc) is 2.81. The maximum Gasteiger partial charge on any atom is 0.0703 e. The topological polar surface area (TPSA) is 29.0 Å². The van der Waals surface area contributed by atoms with Crippen molar-refractivity contribution in [3.05, 3.63) is 103 Å². The fourth-order valence-electron chi connectivity index (χ4n) is 3.43. The number of para-hydroxylation sites is 1. The number of aromatic nitrogens is 2. The van der Waals surface area contributed by atoms with Crippen LogP contribution in [0.1, 0.15) is 13.8 Å². The first-order valence-corrected chi connectivity index (χ1v) is 9.93. The maximum absolute atomic E-state index is 4.44. The van der Waals surface area contributed by atoms with Gasteiger partial charge in [-0.15, -0.1) is 0 Å². The molecule has 0 atom stereocenters. The van der Waals surface area contributed by atoms with Gasteiger partial charge in [0.05, 0.1) is 11.0 Å². The van der Waals surface area contributed by atoms with Crippen LogP contribution >= 0.6 is 0 Å². The Hall–Kier alpha value is -3.72. The molecular formula is C26H23N3. The van der Waals surface area contributed by atoms with Gasteiger partial charge in [-0.2, -0.15) is 0 Å². The summed E-state index contributed by atoms with van der Waals surface area (Å²) >= 11 is 0. The minimum Gasteiger partial charge on any atom is -0.310 e. The van der Waals surface area contributed by atoms with Crippen LogP contribution in [0.15, 0.2) is 103 Å². The molecule has 3 nitrogen and oxygen atoms in total. The molecule has 0 amide bonds. The summed E-state index contributed by atoms with van der Waals surface area (Å²) in [5.41, 5.74) is 5.31. The smallest absolute Gasteiger partial charge is 0.0703 e. The lowest BCUT2D eigenvalue weighted by Crippen LogP contribution is -2.09. The van der Waals surface area contributed by atoms with Crippen molar-refractivity contribution >= 4 is 38.9 Å². The van der Waals surface area contributed by atoms with Gasteiger partial charge in [0.1, 0.15) is 0 Å². The van der Waals surface area contributed by atoms with Crippen LogP contribution in [0, 0.1) is 0 Å². The van der Waals surface area contributed by atoms with Gasteiger partial charge in [0.2, 0.25) is 0 Å². The normalized spacial score (nSPS) is 10.4. The molecule has 0 unspecified atom stereocenters. The molecule has 0 radical (unpaired) electrons. The summed E-state index contributed by atoms with van der Waals surface area (Å²) in [5.74, 6) is 0. The van der Waals surface area contributed by atoms with E-state index in [0.29, 0.717) is 0 Å². The Kier molecular flexibility index (Phi) is 5.48. The van der Waals surface area contributed by atoms with E-state index in [4.69, 9.17) is 0 Å². The van der Waals surface area contributed by atoms with Gasteiger partial charge >= 0.3 is 0 Å². The maximum atomic E-state index is 4.44. The zero-order valence-corrected chi connectivity index (χ0v) is 16.7. The van der Waals surface area contributed by atoms with Crippen LogP contribution in [0.25, 0.3) is 21.8 Å². The van der Waals surface area contributed by atoms with E-state index in [1.165, 1.54) is 0 Å².